The topological polar surface area (TPSA) is 51.6 Å². The zero-order chi connectivity index (χ0) is 11.7. The number of nitrogens with zero attached hydrogens (tertiary/aromatic N) is 4. The van der Waals surface area contributed by atoms with Crippen LogP contribution >= 0.6 is 0 Å². The first-order valence-electron chi connectivity index (χ1n) is 5.99. The second-order valence-corrected chi connectivity index (χ2v) is 4.39. The minimum atomic E-state index is 0.630. The van der Waals surface area contributed by atoms with Crippen LogP contribution in [0.1, 0.15) is 37.1 Å². The highest BCUT2D eigenvalue weighted by atomic mass is 15.0. The first-order valence-corrected chi connectivity index (χ1v) is 5.99. The summed E-state index contributed by atoms with van der Waals surface area (Å²) in [5.74, 6) is 0. The Morgan fingerprint density at radius 3 is 2.65 bits per heavy atom. The molecule has 0 unspecified atom stereocenters. The maximum atomic E-state index is 4.54. The third-order valence-corrected chi connectivity index (χ3v) is 3.01. The molecule has 86 valence electrons. The summed E-state index contributed by atoms with van der Waals surface area (Å²) in [6.45, 7) is 1.91. The summed E-state index contributed by atoms with van der Waals surface area (Å²) in [4.78, 5) is 17.5. The molecule has 0 spiro atoms. The molecule has 0 amide bonds. The van der Waals surface area contributed by atoms with E-state index in [2.05, 4.69) is 26.0 Å². The van der Waals surface area contributed by atoms with E-state index in [1.807, 2.05) is 13.1 Å². The normalized spacial score (nSPS) is 15.9. The van der Waals surface area contributed by atoms with E-state index >= 15 is 0 Å². The highest BCUT2D eigenvalue weighted by molar-refractivity contribution is 5.70. The van der Waals surface area contributed by atoms with Gasteiger partial charge < -0.3 is 0 Å². The van der Waals surface area contributed by atoms with Gasteiger partial charge in [-0.3, -0.25) is 0 Å². The van der Waals surface area contributed by atoms with Gasteiger partial charge in [-0.2, -0.15) is 0 Å². The van der Waals surface area contributed by atoms with Gasteiger partial charge in [0, 0.05) is 0 Å². The Labute approximate surface area is 99.9 Å². The molecular weight excluding hydrogens is 212 g/mol. The van der Waals surface area contributed by atoms with Crippen molar-refractivity contribution < 1.29 is 0 Å². The largest absolute Gasteiger partial charge is 0.232 e. The Morgan fingerprint density at radius 1 is 1.00 bits per heavy atom. The molecule has 1 aliphatic rings. The highest BCUT2D eigenvalue weighted by Gasteiger charge is 2.09. The smallest absolute Gasteiger partial charge is 0.198 e. The van der Waals surface area contributed by atoms with Crippen molar-refractivity contribution in [3.8, 4) is 0 Å². The average Bonchev–Trinajstić information content (AvgIpc) is 2.39. The predicted octanol–water partition coefficient (Wildman–Crippen LogP) is 2.69. The van der Waals surface area contributed by atoms with Crippen LogP contribution in [-0.4, -0.2) is 19.9 Å². The lowest BCUT2D eigenvalue weighted by molar-refractivity contribution is 0.739. The fourth-order valence-electron chi connectivity index (χ4n) is 2.11. The van der Waals surface area contributed by atoms with E-state index in [9.17, 15) is 0 Å². The lowest BCUT2D eigenvalue weighted by atomic mass is 9.97. The van der Waals surface area contributed by atoms with Gasteiger partial charge in [-0.1, -0.05) is 6.08 Å². The zero-order valence-electron chi connectivity index (χ0n) is 9.85. The first kappa shape index (κ1) is 10.3. The number of aryl methyl sites for hydroxylation is 1. The van der Waals surface area contributed by atoms with Gasteiger partial charge in [0.1, 0.15) is 0 Å². The molecule has 2 aromatic rings. The first-order chi connectivity index (χ1) is 8.33. The predicted molar refractivity (Wildman–Crippen MR) is 66.3 cm³/mol. The summed E-state index contributed by atoms with van der Waals surface area (Å²) >= 11 is 0. The van der Waals surface area contributed by atoms with Crippen molar-refractivity contribution in [1.29, 1.82) is 0 Å². The maximum Gasteiger partial charge on any atom is 0.198 e. The highest BCUT2D eigenvalue weighted by Crippen LogP contribution is 2.25. The Kier molecular flexibility index (Phi) is 2.55. The van der Waals surface area contributed by atoms with Gasteiger partial charge in [0.2, 0.25) is 0 Å². The van der Waals surface area contributed by atoms with E-state index in [1.54, 1.807) is 6.20 Å². The van der Waals surface area contributed by atoms with Gasteiger partial charge >= 0.3 is 0 Å². The minimum absolute atomic E-state index is 0.630. The average molecular weight is 226 g/mol. The van der Waals surface area contributed by atoms with Crippen LogP contribution < -0.4 is 0 Å². The Bertz CT molecular complexity index is 589. The van der Waals surface area contributed by atoms with Crippen LogP contribution in [-0.2, 0) is 0 Å². The molecule has 4 heteroatoms. The molecule has 17 heavy (non-hydrogen) atoms. The van der Waals surface area contributed by atoms with E-state index in [0.29, 0.717) is 11.3 Å². The monoisotopic (exact) mass is 226 g/mol. The molecule has 0 fully saturated rings. The van der Waals surface area contributed by atoms with E-state index in [4.69, 9.17) is 0 Å². The standard InChI is InChI=1S/C13H14N4/c1-9-7-14-13-12(16-9)15-8-11(17-13)10-5-3-2-4-6-10/h5,7-8H,2-4,6H2,1H3. The second kappa shape index (κ2) is 4.20. The molecule has 0 saturated heterocycles. The summed E-state index contributed by atoms with van der Waals surface area (Å²) < 4.78 is 0. The van der Waals surface area contributed by atoms with Crippen molar-refractivity contribution in [2.45, 2.75) is 32.6 Å². The zero-order valence-corrected chi connectivity index (χ0v) is 9.85. The number of hydrogen-bond acceptors (Lipinski definition) is 4. The Morgan fingerprint density at radius 2 is 1.82 bits per heavy atom. The van der Waals surface area contributed by atoms with Crippen molar-refractivity contribution in [1.82, 2.24) is 19.9 Å². The van der Waals surface area contributed by atoms with Gasteiger partial charge in [0.15, 0.2) is 11.3 Å². The van der Waals surface area contributed by atoms with Crippen LogP contribution in [0.2, 0.25) is 0 Å². The van der Waals surface area contributed by atoms with Crippen molar-refractivity contribution in [3.63, 3.8) is 0 Å². The number of allylic oxidation sites excluding steroid dienone is 2. The van der Waals surface area contributed by atoms with Crippen molar-refractivity contribution in [3.05, 3.63) is 29.9 Å². The molecule has 0 atom stereocenters. The number of rotatable bonds is 1. The molecule has 4 nitrogen and oxygen atoms in total. The Balaban J connectivity index is 2.07. The lowest BCUT2D eigenvalue weighted by Gasteiger charge is -2.11. The fraction of sp³-hybridized carbons (Fsp3) is 0.385. The van der Waals surface area contributed by atoms with Crippen LogP contribution in [0.25, 0.3) is 16.9 Å². The molecular formula is C13H14N4. The molecule has 2 aromatic heterocycles. The maximum absolute atomic E-state index is 4.54. The fourth-order valence-corrected chi connectivity index (χ4v) is 2.11. The van der Waals surface area contributed by atoms with E-state index in [0.717, 1.165) is 24.2 Å². The van der Waals surface area contributed by atoms with Gasteiger partial charge in [0.25, 0.3) is 0 Å². The molecule has 0 aliphatic heterocycles. The second-order valence-electron chi connectivity index (χ2n) is 4.39. The van der Waals surface area contributed by atoms with E-state index < -0.39 is 0 Å². The molecule has 0 N–H and O–H groups in total. The molecule has 2 heterocycles. The molecule has 0 saturated carbocycles. The van der Waals surface area contributed by atoms with Gasteiger partial charge in [-0.15, -0.1) is 0 Å². The van der Waals surface area contributed by atoms with Gasteiger partial charge in [-0.05, 0) is 38.2 Å². The molecule has 0 aromatic carbocycles. The van der Waals surface area contributed by atoms with E-state index in [1.165, 1.54) is 18.4 Å². The van der Waals surface area contributed by atoms with Crippen LogP contribution in [0.5, 0.6) is 0 Å². The Hall–Kier alpha value is -1.84. The van der Waals surface area contributed by atoms with Crippen LogP contribution in [0.3, 0.4) is 0 Å². The summed E-state index contributed by atoms with van der Waals surface area (Å²) in [6, 6.07) is 0. The van der Waals surface area contributed by atoms with Gasteiger partial charge in [-0.25, -0.2) is 19.9 Å². The third kappa shape index (κ3) is 2.02. The number of fused-ring (bicyclic) bond motifs is 1. The minimum Gasteiger partial charge on any atom is -0.232 e. The van der Waals surface area contributed by atoms with Gasteiger partial charge in [0.05, 0.1) is 23.8 Å². The lowest BCUT2D eigenvalue weighted by Crippen LogP contribution is -1.99. The third-order valence-electron chi connectivity index (χ3n) is 3.01. The van der Waals surface area contributed by atoms with E-state index in [-0.39, 0.29) is 0 Å². The molecule has 0 bridgehead atoms. The van der Waals surface area contributed by atoms with Crippen LogP contribution in [0, 0.1) is 6.92 Å². The molecule has 1 aliphatic carbocycles. The van der Waals surface area contributed by atoms with Crippen molar-refractivity contribution >= 4 is 16.9 Å². The molecule has 3 rings (SSSR count). The summed E-state index contributed by atoms with van der Waals surface area (Å²) in [5, 5.41) is 0. The van der Waals surface area contributed by atoms with Crippen molar-refractivity contribution in [2.75, 3.05) is 0 Å². The number of aromatic nitrogens is 4. The number of hydrogen-bond donors (Lipinski definition) is 0. The quantitative estimate of drug-likeness (QED) is 0.750. The summed E-state index contributed by atoms with van der Waals surface area (Å²) in [5.41, 5.74) is 4.39. The SMILES string of the molecule is Cc1cnc2nc(C3=CCCCC3)cnc2n1. The van der Waals surface area contributed by atoms with Crippen LogP contribution in [0.4, 0.5) is 0 Å². The summed E-state index contributed by atoms with van der Waals surface area (Å²) in [6.07, 6.45) is 10.6. The molecule has 0 radical (unpaired) electrons. The van der Waals surface area contributed by atoms with Crippen LogP contribution in [0.15, 0.2) is 18.5 Å². The summed E-state index contributed by atoms with van der Waals surface area (Å²) in [7, 11) is 0. The van der Waals surface area contributed by atoms with Crippen molar-refractivity contribution in [2.24, 2.45) is 0 Å².